The van der Waals surface area contributed by atoms with Crippen LogP contribution in [0.3, 0.4) is 0 Å². The molecule has 3 heterocycles. The van der Waals surface area contributed by atoms with Gasteiger partial charge in [-0.2, -0.15) is 0 Å². The molecule has 2 aromatic rings. The van der Waals surface area contributed by atoms with Gasteiger partial charge in [-0.3, -0.25) is 19.2 Å². The van der Waals surface area contributed by atoms with E-state index in [1.165, 1.54) is 5.56 Å². The number of anilines is 2. The fourth-order valence-electron chi connectivity index (χ4n) is 4.24. The first kappa shape index (κ1) is 19.2. The van der Waals surface area contributed by atoms with Crippen LogP contribution < -0.4 is 10.5 Å². The van der Waals surface area contributed by atoms with Gasteiger partial charge >= 0.3 is 0 Å². The molecular weight excluding hydrogens is 352 g/mol. The largest absolute Gasteiger partial charge is 0.377 e. The Morgan fingerprint density at radius 1 is 1.14 bits per heavy atom. The van der Waals surface area contributed by atoms with E-state index in [0.717, 1.165) is 55.3 Å². The first-order valence-electron chi connectivity index (χ1n) is 10.4. The van der Waals surface area contributed by atoms with E-state index in [2.05, 4.69) is 41.0 Å². The lowest BCUT2D eigenvalue weighted by molar-refractivity contribution is 0.0584. The van der Waals surface area contributed by atoms with Gasteiger partial charge in [-0.25, -0.2) is 4.98 Å². The fourth-order valence-corrected chi connectivity index (χ4v) is 4.24. The van der Waals surface area contributed by atoms with Crippen LogP contribution in [0.25, 0.3) is 0 Å². The highest BCUT2D eigenvalue weighted by atomic mass is 16.5. The lowest BCUT2D eigenvalue weighted by atomic mass is 10.1. The lowest BCUT2D eigenvalue weighted by Gasteiger charge is -2.39. The molecule has 6 heteroatoms. The van der Waals surface area contributed by atoms with Gasteiger partial charge in [-0.1, -0.05) is 26.0 Å². The van der Waals surface area contributed by atoms with Crippen molar-refractivity contribution in [3.63, 3.8) is 0 Å². The van der Waals surface area contributed by atoms with Gasteiger partial charge in [0.1, 0.15) is 0 Å². The molecule has 1 aromatic carbocycles. The molecule has 150 valence electrons. The molecule has 2 aliphatic rings. The molecule has 0 radical (unpaired) electrons. The van der Waals surface area contributed by atoms with Crippen molar-refractivity contribution >= 4 is 11.6 Å². The van der Waals surface area contributed by atoms with Crippen molar-refractivity contribution in [2.75, 3.05) is 24.7 Å². The molecule has 1 fully saturated rings. The summed E-state index contributed by atoms with van der Waals surface area (Å²) < 4.78 is 7.68. The Bertz CT molecular complexity index is 885. The average molecular weight is 383 g/mol. The molecule has 0 aliphatic carbocycles. The van der Waals surface area contributed by atoms with Crippen LogP contribution in [0.1, 0.15) is 43.5 Å². The van der Waals surface area contributed by atoms with Gasteiger partial charge in [0.25, 0.3) is 5.56 Å². The number of rotatable bonds is 5. The quantitative estimate of drug-likeness (QED) is 0.795. The van der Waals surface area contributed by atoms with Crippen LogP contribution in [0, 0.1) is 6.92 Å². The summed E-state index contributed by atoms with van der Waals surface area (Å²) in [6, 6.07) is 8.58. The maximum Gasteiger partial charge on any atom is 0.259 e. The predicted molar refractivity (Wildman–Crippen MR) is 111 cm³/mol. The van der Waals surface area contributed by atoms with Crippen LogP contribution in [0.2, 0.25) is 0 Å². The third-order valence-corrected chi connectivity index (χ3v) is 5.87. The number of ether oxygens (including phenoxy) is 1. The van der Waals surface area contributed by atoms with E-state index in [9.17, 15) is 4.79 Å². The van der Waals surface area contributed by atoms with Crippen LogP contribution in [-0.4, -0.2) is 40.4 Å². The molecule has 1 saturated heterocycles. The Morgan fingerprint density at radius 2 is 1.93 bits per heavy atom. The zero-order valence-electron chi connectivity index (χ0n) is 17.1. The van der Waals surface area contributed by atoms with E-state index in [1.54, 1.807) is 0 Å². The second kappa shape index (κ2) is 8.05. The standard InChI is InChI=1S/C22H30N4O2/c1-4-17-8-10-18(11-9-17)25-14-24(13-19-7-6-12-28-19)15-26-21(27)20(5-2)16(3)23-22(25)26/h8-11,19H,4-7,12-15H2,1-3H3. The monoisotopic (exact) mass is 382 g/mol. The maximum atomic E-state index is 13.2. The topological polar surface area (TPSA) is 50.6 Å². The van der Waals surface area contributed by atoms with Gasteiger partial charge in [0, 0.05) is 30.1 Å². The second-order valence-electron chi connectivity index (χ2n) is 7.78. The van der Waals surface area contributed by atoms with Crippen LogP contribution in [0.5, 0.6) is 0 Å². The maximum absolute atomic E-state index is 13.2. The molecule has 0 amide bonds. The minimum absolute atomic E-state index is 0.0808. The highest BCUT2D eigenvalue weighted by molar-refractivity contribution is 5.59. The number of nitrogens with zero attached hydrogens (tertiary/aromatic N) is 4. The summed E-state index contributed by atoms with van der Waals surface area (Å²) in [7, 11) is 0. The molecule has 0 N–H and O–H groups in total. The minimum atomic E-state index is 0.0808. The Labute approximate surface area is 166 Å². The van der Waals surface area contributed by atoms with Crippen molar-refractivity contribution < 1.29 is 4.74 Å². The van der Waals surface area contributed by atoms with Gasteiger partial charge < -0.3 is 4.74 Å². The summed E-state index contributed by atoms with van der Waals surface area (Å²) in [5.41, 5.74) is 4.10. The van der Waals surface area contributed by atoms with Crippen LogP contribution in [0.15, 0.2) is 29.1 Å². The summed E-state index contributed by atoms with van der Waals surface area (Å²) in [5.74, 6) is 0.743. The van der Waals surface area contributed by atoms with Crippen molar-refractivity contribution in [1.29, 1.82) is 0 Å². The minimum Gasteiger partial charge on any atom is -0.377 e. The molecule has 0 saturated carbocycles. The molecule has 1 unspecified atom stereocenters. The van der Waals surface area contributed by atoms with Crippen molar-refractivity contribution in [3.8, 4) is 0 Å². The first-order valence-corrected chi connectivity index (χ1v) is 10.4. The fraction of sp³-hybridized carbons (Fsp3) is 0.545. The van der Waals surface area contributed by atoms with E-state index < -0.39 is 0 Å². The molecule has 1 aromatic heterocycles. The summed E-state index contributed by atoms with van der Waals surface area (Å²) in [4.78, 5) is 22.5. The van der Waals surface area contributed by atoms with Gasteiger partial charge in [0.05, 0.1) is 19.4 Å². The van der Waals surface area contributed by atoms with Crippen molar-refractivity contribution in [2.24, 2.45) is 0 Å². The Balaban J connectivity index is 1.74. The Hall–Kier alpha value is -2.18. The highest BCUT2D eigenvalue weighted by Gasteiger charge is 2.29. The van der Waals surface area contributed by atoms with Crippen LogP contribution in [-0.2, 0) is 24.2 Å². The molecule has 28 heavy (non-hydrogen) atoms. The van der Waals surface area contributed by atoms with Crippen molar-refractivity contribution in [1.82, 2.24) is 14.5 Å². The zero-order chi connectivity index (χ0) is 19.7. The smallest absolute Gasteiger partial charge is 0.259 e. The first-order chi connectivity index (χ1) is 13.6. The number of fused-ring (bicyclic) bond motifs is 1. The SMILES string of the molecule is CCc1ccc(N2CN(CC3CCCO3)Cn3c2nc(C)c(CC)c3=O)cc1. The zero-order valence-corrected chi connectivity index (χ0v) is 17.1. The molecule has 1 atom stereocenters. The van der Waals surface area contributed by atoms with Gasteiger partial charge in [0.2, 0.25) is 5.95 Å². The van der Waals surface area contributed by atoms with Gasteiger partial charge in [-0.15, -0.1) is 0 Å². The normalized spacial score (nSPS) is 19.8. The molecule has 6 nitrogen and oxygen atoms in total. The molecular formula is C22H30N4O2. The van der Waals surface area contributed by atoms with E-state index in [0.29, 0.717) is 19.8 Å². The number of hydrogen-bond donors (Lipinski definition) is 0. The number of aryl methyl sites for hydroxylation is 2. The third kappa shape index (κ3) is 3.59. The summed E-state index contributed by atoms with van der Waals surface area (Å²) >= 11 is 0. The second-order valence-corrected chi connectivity index (χ2v) is 7.78. The molecule has 2 aliphatic heterocycles. The highest BCUT2D eigenvalue weighted by Crippen LogP contribution is 2.29. The molecule has 0 bridgehead atoms. The van der Waals surface area contributed by atoms with Crippen molar-refractivity contribution in [2.45, 2.75) is 59.2 Å². The number of hydrogen-bond acceptors (Lipinski definition) is 5. The van der Waals surface area contributed by atoms with E-state index in [1.807, 2.05) is 18.4 Å². The lowest BCUT2D eigenvalue weighted by Crippen LogP contribution is -2.49. The van der Waals surface area contributed by atoms with Crippen LogP contribution >= 0.6 is 0 Å². The molecule has 4 rings (SSSR count). The van der Waals surface area contributed by atoms with Crippen LogP contribution in [0.4, 0.5) is 11.6 Å². The van der Waals surface area contributed by atoms with E-state index >= 15 is 0 Å². The van der Waals surface area contributed by atoms with Gasteiger partial charge in [-0.05, 0) is 50.3 Å². The molecule has 0 spiro atoms. The predicted octanol–water partition coefficient (Wildman–Crippen LogP) is 3.22. The van der Waals surface area contributed by atoms with E-state index in [-0.39, 0.29) is 11.7 Å². The summed E-state index contributed by atoms with van der Waals surface area (Å²) in [5, 5.41) is 0. The summed E-state index contributed by atoms with van der Waals surface area (Å²) in [6.07, 6.45) is 4.19. The summed E-state index contributed by atoms with van der Waals surface area (Å²) in [6.45, 7) is 9.08. The Morgan fingerprint density at radius 3 is 2.57 bits per heavy atom. The number of aromatic nitrogens is 2. The van der Waals surface area contributed by atoms with Crippen molar-refractivity contribution in [3.05, 3.63) is 51.4 Å². The van der Waals surface area contributed by atoms with E-state index in [4.69, 9.17) is 9.72 Å². The third-order valence-electron chi connectivity index (χ3n) is 5.87. The Kier molecular flexibility index (Phi) is 5.51. The van der Waals surface area contributed by atoms with Gasteiger partial charge in [0.15, 0.2) is 0 Å². The average Bonchev–Trinajstić information content (AvgIpc) is 3.21. The number of benzene rings is 1.